The molecule has 0 unspecified atom stereocenters. The van der Waals surface area contributed by atoms with Crippen LogP contribution in [0.3, 0.4) is 0 Å². The highest BCUT2D eigenvalue weighted by atomic mass is 35.5. The molecule has 2 saturated heterocycles. The molecule has 8 heteroatoms. The molecule has 6 nitrogen and oxygen atoms in total. The molecule has 0 bridgehead atoms. The molecule has 2 aliphatic heterocycles. The molecule has 2 aromatic rings. The van der Waals surface area contributed by atoms with Gasteiger partial charge in [0.05, 0.1) is 16.6 Å². The number of carbonyl (C=O) groups is 1. The third kappa shape index (κ3) is 5.09. The Hall–Kier alpha value is -2.22. The van der Waals surface area contributed by atoms with E-state index in [0.717, 1.165) is 44.6 Å². The number of pyridine rings is 1. The van der Waals surface area contributed by atoms with Gasteiger partial charge in [0.25, 0.3) is 0 Å². The highest BCUT2D eigenvalue weighted by molar-refractivity contribution is 6.33. The van der Waals surface area contributed by atoms with Crippen LogP contribution in [0.4, 0.5) is 15.9 Å². The van der Waals surface area contributed by atoms with Gasteiger partial charge in [-0.1, -0.05) is 17.7 Å². The summed E-state index contributed by atoms with van der Waals surface area (Å²) < 4.78 is 19.7. The number of amides is 1. The van der Waals surface area contributed by atoms with E-state index in [0.29, 0.717) is 41.1 Å². The van der Waals surface area contributed by atoms with Crippen molar-refractivity contribution in [1.29, 1.82) is 0 Å². The van der Waals surface area contributed by atoms with Gasteiger partial charge >= 0.3 is 0 Å². The summed E-state index contributed by atoms with van der Waals surface area (Å²) in [6.45, 7) is 3.73. The van der Waals surface area contributed by atoms with E-state index < -0.39 is 0 Å². The van der Waals surface area contributed by atoms with E-state index in [1.165, 1.54) is 12.3 Å². The zero-order valence-corrected chi connectivity index (χ0v) is 17.5. The zero-order valence-electron chi connectivity index (χ0n) is 16.7. The molecule has 4 rings (SSSR count). The van der Waals surface area contributed by atoms with Crippen LogP contribution in [0.1, 0.15) is 19.3 Å². The average molecular weight is 433 g/mol. The fourth-order valence-corrected chi connectivity index (χ4v) is 4.08. The van der Waals surface area contributed by atoms with E-state index >= 15 is 0 Å². The predicted octanol–water partition coefficient (Wildman–Crippen LogP) is 3.93. The summed E-state index contributed by atoms with van der Waals surface area (Å²) in [7, 11) is 0. The van der Waals surface area contributed by atoms with Crippen molar-refractivity contribution in [2.75, 3.05) is 43.5 Å². The monoisotopic (exact) mass is 432 g/mol. The Bertz CT molecular complexity index is 899. The molecular formula is C22H26ClFN4O2. The van der Waals surface area contributed by atoms with Crippen molar-refractivity contribution in [2.24, 2.45) is 11.8 Å². The minimum atomic E-state index is -0.307. The van der Waals surface area contributed by atoms with E-state index in [2.05, 4.69) is 20.9 Å². The number of anilines is 2. The third-order valence-corrected chi connectivity index (χ3v) is 6.04. The summed E-state index contributed by atoms with van der Waals surface area (Å²) in [6.07, 6.45) is 4.28. The molecule has 1 aromatic carbocycles. The number of hydrogen-bond donors (Lipinski definition) is 3. The van der Waals surface area contributed by atoms with E-state index in [9.17, 15) is 9.18 Å². The lowest BCUT2D eigenvalue weighted by Gasteiger charge is -2.23. The van der Waals surface area contributed by atoms with Crippen molar-refractivity contribution < 1.29 is 13.9 Å². The average Bonchev–Trinajstić information content (AvgIpc) is 3.30. The van der Waals surface area contributed by atoms with Crippen molar-refractivity contribution in [3.05, 3.63) is 41.3 Å². The van der Waals surface area contributed by atoms with Crippen molar-refractivity contribution in [2.45, 2.75) is 19.3 Å². The predicted molar refractivity (Wildman–Crippen MR) is 116 cm³/mol. The minimum absolute atomic E-state index is 0.0568. The fraction of sp³-hybridized carbons (Fsp3) is 0.455. The quantitative estimate of drug-likeness (QED) is 0.645. The Labute approximate surface area is 180 Å². The Balaban J connectivity index is 1.50. The fourth-order valence-electron chi connectivity index (χ4n) is 3.87. The molecule has 0 radical (unpaired) electrons. The van der Waals surface area contributed by atoms with E-state index in [1.54, 1.807) is 18.2 Å². The maximum atomic E-state index is 14.4. The molecule has 0 spiro atoms. The molecule has 3 heterocycles. The number of nitrogens with one attached hydrogen (secondary N) is 3. The highest BCUT2D eigenvalue weighted by Crippen LogP contribution is 2.32. The van der Waals surface area contributed by atoms with Crippen molar-refractivity contribution in [3.8, 4) is 11.1 Å². The second-order valence-electron chi connectivity index (χ2n) is 7.86. The number of nitrogens with zero attached hydrogens (tertiary/aromatic N) is 1. The van der Waals surface area contributed by atoms with Crippen LogP contribution in [-0.2, 0) is 9.53 Å². The Morgan fingerprint density at radius 3 is 2.87 bits per heavy atom. The second kappa shape index (κ2) is 9.73. The van der Waals surface area contributed by atoms with E-state index in [1.807, 2.05) is 0 Å². The first kappa shape index (κ1) is 21.0. The SMILES string of the molecule is O=C(Nc1cc(-c2ccc(F)c(NCC3CCOCC3)c2)c(Cl)cn1)[C@@H]1CCNC1. The van der Waals surface area contributed by atoms with Gasteiger partial charge in [-0.05, 0) is 55.5 Å². The normalized spacial score (nSPS) is 19.6. The number of ether oxygens (including phenoxy) is 1. The van der Waals surface area contributed by atoms with Gasteiger partial charge in [0, 0.05) is 38.1 Å². The Morgan fingerprint density at radius 1 is 1.27 bits per heavy atom. The van der Waals surface area contributed by atoms with Gasteiger partial charge in [0.2, 0.25) is 5.91 Å². The van der Waals surface area contributed by atoms with Crippen LogP contribution in [0.25, 0.3) is 11.1 Å². The summed E-state index contributed by atoms with van der Waals surface area (Å²) in [6, 6.07) is 6.60. The van der Waals surface area contributed by atoms with Crippen LogP contribution >= 0.6 is 11.6 Å². The van der Waals surface area contributed by atoms with Crippen LogP contribution in [-0.4, -0.2) is 43.7 Å². The first-order valence-electron chi connectivity index (χ1n) is 10.4. The van der Waals surface area contributed by atoms with Crippen LogP contribution in [0.2, 0.25) is 5.02 Å². The number of benzene rings is 1. The van der Waals surface area contributed by atoms with Gasteiger partial charge < -0.3 is 20.7 Å². The smallest absolute Gasteiger partial charge is 0.229 e. The zero-order chi connectivity index (χ0) is 20.9. The topological polar surface area (TPSA) is 75.3 Å². The van der Waals surface area contributed by atoms with Gasteiger partial charge in [0.1, 0.15) is 11.6 Å². The largest absolute Gasteiger partial charge is 0.382 e. The summed E-state index contributed by atoms with van der Waals surface area (Å²) in [5.41, 5.74) is 1.89. The molecule has 30 heavy (non-hydrogen) atoms. The lowest BCUT2D eigenvalue weighted by atomic mass is 10.00. The summed E-state index contributed by atoms with van der Waals surface area (Å²) >= 11 is 6.37. The van der Waals surface area contributed by atoms with Crippen molar-refractivity contribution >= 4 is 29.0 Å². The number of halogens is 2. The van der Waals surface area contributed by atoms with Crippen LogP contribution in [0.5, 0.6) is 0 Å². The van der Waals surface area contributed by atoms with Crippen LogP contribution < -0.4 is 16.0 Å². The molecule has 0 aliphatic carbocycles. The molecule has 160 valence electrons. The minimum Gasteiger partial charge on any atom is -0.382 e. The molecule has 2 fully saturated rings. The van der Waals surface area contributed by atoms with Gasteiger partial charge in [-0.2, -0.15) is 0 Å². The van der Waals surface area contributed by atoms with E-state index in [-0.39, 0.29) is 17.6 Å². The van der Waals surface area contributed by atoms with Crippen LogP contribution in [0.15, 0.2) is 30.5 Å². The molecule has 1 amide bonds. The van der Waals surface area contributed by atoms with Gasteiger partial charge in [-0.15, -0.1) is 0 Å². The molecule has 1 atom stereocenters. The summed E-state index contributed by atoms with van der Waals surface area (Å²) in [5, 5.41) is 9.72. The lowest BCUT2D eigenvalue weighted by molar-refractivity contribution is -0.119. The Kier molecular flexibility index (Phi) is 6.82. The molecule has 3 N–H and O–H groups in total. The van der Waals surface area contributed by atoms with Gasteiger partial charge in [-0.25, -0.2) is 9.37 Å². The number of hydrogen-bond acceptors (Lipinski definition) is 5. The molecule has 1 aromatic heterocycles. The maximum absolute atomic E-state index is 14.4. The number of rotatable bonds is 6. The summed E-state index contributed by atoms with van der Waals surface area (Å²) in [5.74, 6) is 0.486. The first-order valence-corrected chi connectivity index (χ1v) is 10.8. The number of aromatic nitrogens is 1. The van der Waals surface area contributed by atoms with Gasteiger partial charge in [-0.3, -0.25) is 4.79 Å². The standard InChI is InChI=1S/C22H26ClFN4O2/c23-18-13-27-21(28-22(29)16-3-6-25-12-16)10-17(18)15-1-2-19(24)20(9-15)26-11-14-4-7-30-8-5-14/h1-2,9-10,13-14,16,25-26H,3-8,11-12H2,(H,27,28,29)/t16-/m1/s1. The van der Waals surface area contributed by atoms with Crippen LogP contribution in [0, 0.1) is 17.7 Å². The molecule has 0 saturated carbocycles. The highest BCUT2D eigenvalue weighted by Gasteiger charge is 2.23. The number of carbonyl (C=O) groups excluding carboxylic acids is 1. The third-order valence-electron chi connectivity index (χ3n) is 5.74. The Morgan fingerprint density at radius 2 is 2.10 bits per heavy atom. The molecular weight excluding hydrogens is 407 g/mol. The second-order valence-corrected chi connectivity index (χ2v) is 8.27. The molecule has 2 aliphatic rings. The lowest BCUT2D eigenvalue weighted by Crippen LogP contribution is -2.25. The van der Waals surface area contributed by atoms with Crippen molar-refractivity contribution in [1.82, 2.24) is 10.3 Å². The van der Waals surface area contributed by atoms with Gasteiger partial charge in [0.15, 0.2) is 0 Å². The summed E-state index contributed by atoms with van der Waals surface area (Å²) in [4.78, 5) is 16.6. The maximum Gasteiger partial charge on any atom is 0.229 e. The first-order chi connectivity index (χ1) is 14.6. The van der Waals surface area contributed by atoms with Crippen molar-refractivity contribution in [3.63, 3.8) is 0 Å². The van der Waals surface area contributed by atoms with E-state index in [4.69, 9.17) is 16.3 Å².